The van der Waals surface area contributed by atoms with E-state index in [1.807, 2.05) is 30.3 Å². The second-order valence-corrected chi connectivity index (χ2v) is 8.21. The number of carbonyl (C=O) groups is 3. The van der Waals surface area contributed by atoms with Crippen molar-refractivity contribution in [3.63, 3.8) is 0 Å². The summed E-state index contributed by atoms with van der Waals surface area (Å²) in [6.07, 6.45) is 4.69. The van der Waals surface area contributed by atoms with E-state index in [0.29, 0.717) is 19.7 Å². The van der Waals surface area contributed by atoms with Crippen LogP contribution in [0.1, 0.15) is 44.6 Å². The lowest BCUT2D eigenvalue weighted by atomic mass is 9.78. The number of urea groups is 1. The van der Waals surface area contributed by atoms with Crippen molar-refractivity contribution in [1.29, 1.82) is 0 Å². The molecule has 0 aromatic heterocycles. The number of benzene rings is 1. The normalized spacial score (nSPS) is 17.6. The molecule has 1 aliphatic rings. The van der Waals surface area contributed by atoms with Crippen LogP contribution in [0.15, 0.2) is 36.3 Å². The molecule has 3 amide bonds. The molecule has 0 bridgehead atoms. The lowest BCUT2D eigenvalue weighted by Crippen LogP contribution is -2.49. The van der Waals surface area contributed by atoms with Crippen LogP contribution in [0.2, 0.25) is 0 Å². The topological polar surface area (TPSA) is 122 Å². The highest BCUT2D eigenvalue weighted by atomic mass is 16.5. The van der Waals surface area contributed by atoms with Crippen molar-refractivity contribution in [2.45, 2.75) is 57.7 Å². The summed E-state index contributed by atoms with van der Waals surface area (Å²) in [5, 5.41) is 10.0. The number of likely N-dealkylation sites (tertiary alicyclic amines) is 1. The molecule has 34 heavy (non-hydrogen) atoms. The molecule has 9 nitrogen and oxygen atoms in total. The average molecular weight is 472 g/mol. The zero-order chi connectivity index (χ0) is 24.9. The molecule has 1 heterocycles. The molecule has 1 fully saturated rings. The van der Waals surface area contributed by atoms with Gasteiger partial charge in [0.05, 0.1) is 19.8 Å². The Balaban J connectivity index is 1.93. The Kier molecular flexibility index (Phi) is 11.5. The molecule has 0 spiro atoms. The monoisotopic (exact) mass is 472 g/mol. The van der Waals surface area contributed by atoms with Gasteiger partial charge in [-0.3, -0.25) is 9.59 Å². The highest BCUT2D eigenvalue weighted by Crippen LogP contribution is 2.22. The Labute approximate surface area is 202 Å². The molecule has 1 aromatic rings. The number of primary amides is 1. The zero-order valence-corrected chi connectivity index (χ0v) is 20.0. The van der Waals surface area contributed by atoms with Crippen molar-refractivity contribution >= 4 is 25.1 Å². The van der Waals surface area contributed by atoms with Crippen LogP contribution in [0.5, 0.6) is 5.75 Å². The lowest BCUT2D eigenvalue weighted by molar-refractivity contribution is -0.121. The van der Waals surface area contributed by atoms with Gasteiger partial charge in [0.15, 0.2) is 0 Å². The van der Waals surface area contributed by atoms with Crippen molar-refractivity contribution in [2.24, 2.45) is 5.73 Å². The Bertz CT molecular complexity index is 833. The van der Waals surface area contributed by atoms with Crippen LogP contribution in [-0.4, -0.2) is 78.9 Å². The smallest absolute Gasteiger partial charge is 0.321 e. The van der Waals surface area contributed by atoms with Gasteiger partial charge in [-0.25, -0.2) is 4.79 Å². The van der Waals surface area contributed by atoms with Crippen molar-refractivity contribution in [3.8, 4) is 5.75 Å². The molecular formula is C24H35BN3O6. The number of carbonyl (C=O) groups excluding carboxylic acids is 3. The minimum atomic E-state index is -0.804. The maximum Gasteiger partial charge on any atom is 0.321 e. The zero-order valence-electron chi connectivity index (χ0n) is 20.0. The highest BCUT2D eigenvalue weighted by Gasteiger charge is 2.39. The molecule has 1 radical (unpaired) electrons. The predicted molar refractivity (Wildman–Crippen MR) is 129 cm³/mol. The van der Waals surface area contributed by atoms with Crippen LogP contribution in [0.4, 0.5) is 9.59 Å². The van der Waals surface area contributed by atoms with Gasteiger partial charge in [0.2, 0.25) is 11.8 Å². The van der Waals surface area contributed by atoms with Crippen LogP contribution >= 0.6 is 0 Å². The fourth-order valence-corrected chi connectivity index (χ4v) is 3.85. The number of amides is 3. The molecule has 1 aromatic carbocycles. The van der Waals surface area contributed by atoms with Gasteiger partial charge in [0, 0.05) is 26.1 Å². The third-order valence-corrected chi connectivity index (χ3v) is 5.61. The number of methoxy groups -OCH3 is 1. The van der Waals surface area contributed by atoms with Crippen molar-refractivity contribution < 1.29 is 29.0 Å². The Morgan fingerprint density at radius 3 is 2.62 bits per heavy atom. The molecule has 2 rings (SSSR count). The average Bonchev–Trinajstić information content (AvgIpc) is 3.22. The summed E-state index contributed by atoms with van der Waals surface area (Å²) in [6.45, 7) is 3.08. The minimum absolute atomic E-state index is 0.0906. The first kappa shape index (κ1) is 27.2. The lowest BCUT2D eigenvalue weighted by Gasteiger charge is -2.31. The maximum absolute atomic E-state index is 13.3. The number of β-amino-alcohol motifs (C(OH)–C–C–N with tert-alkyl or cyclic N) is 1. The van der Waals surface area contributed by atoms with Gasteiger partial charge in [0.25, 0.3) is 7.28 Å². The first-order valence-corrected chi connectivity index (χ1v) is 11.7. The maximum atomic E-state index is 13.3. The van der Waals surface area contributed by atoms with E-state index in [9.17, 15) is 19.5 Å². The van der Waals surface area contributed by atoms with Crippen molar-refractivity contribution in [1.82, 2.24) is 9.80 Å². The minimum Gasteiger partial charge on any atom is -0.497 e. The molecule has 0 aliphatic carbocycles. The van der Waals surface area contributed by atoms with Gasteiger partial charge in [0.1, 0.15) is 11.8 Å². The summed E-state index contributed by atoms with van der Waals surface area (Å²) in [4.78, 5) is 39.5. The molecular weight excluding hydrogens is 437 g/mol. The quantitative estimate of drug-likeness (QED) is 0.336. The molecule has 1 aliphatic heterocycles. The number of aliphatic hydroxyl groups excluding tert-OH is 1. The van der Waals surface area contributed by atoms with Gasteiger partial charge in [-0.15, -0.1) is 5.98 Å². The largest absolute Gasteiger partial charge is 0.497 e. The molecule has 2 atom stereocenters. The van der Waals surface area contributed by atoms with E-state index in [4.69, 9.17) is 15.2 Å². The number of hydrogen-bond acceptors (Lipinski definition) is 6. The Morgan fingerprint density at radius 1 is 1.24 bits per heavy atom. The van der Waals surface area contributed by atoms with Crippen LogP contribution in [0.3, 0.4) is 0 Å². The molecule has 185 valence electrons. The number of nitrogens with zero attached hydrogens (tertiary/aromatic N) is 2. The SMILES string of the molecule is CCOC(=O)[B]/C=C\CCCCCN(Cc1ccc(OC)cc1)C(=O)N1C[C@@H](O)C[C@H]1C(N)=O. The number of ether oxygens (including phenoxy) is 2. The third kappa shape index (κ3) is 8.74. The molecule has 0 saturated carbocycles. The van der Waals surface area contributed by atoms with Crippen LogP contribution in [-0.2, 0) is 16.1 Å². The van der Waals surface area contributed by atoms with Gasteiger partial charge >= 0.3 is 6.03 Å². The third-order valence-electron chi connectivity index (χ3n) is 5.61. The summed E-state index contributed by atoms with van der Waals surface area (Å²) in [7, 11) is 3.00. The second-order valence-electron chi connectivity index (χ2n) is 8.21. The number of rotatable bonds is 13. The van der Waals surface area contributed by atoms with E-state index in [-0.39, 0.29) is 24.9 Å². The molecule has 10 heteroatoms. The summed E-state index contributed by atoms with van der Waals surface area (Å²) in [6, 6.07) is 6.36. The van der Waals surface area contributed by atoms with Crippen LogP contribution in [0.25, 0.3) is 0 Å². The standard InChI is InChI=1S/C24H35BN3O6/c1-3-34-23(31)25-13-7-5-4-6-8-14-27(16-18-9-11-20(33-2)12-10-18)24(32)28-17-19(29)15-21(28)22(26)30/h7,9-13,19,21,29H,3-6,8,14-17H2,1-2H3,(H2,26,30)/b13-7-/t19-,21-/m0/s1. The van der Waals surface area contributed by atoms with E-state index < -0.39 is 18.1 Å². The Morgan fingerprint density at radius 2 is 1.97 bits per heavy atom. The van der Waals surface area contributed by atoms with Crippen LogP contribution < -0.4 is 10.5 Å². The van der Waals surface area contributed by atoms with E-state index >= 15 is 0 Å². The predicted octanol–water partition coefficient (Wildman–Crippen LogP) is 2.47. The van der Waals surface area contributed by atoms with Gasteiger partial charge in [-0.05, 0) is 43.9 Å². The van der Waals surface area contributed by atoms with E-state index in [1.165, 1.54) is 12.2 Å². The summed E-state index contributed by atoms with van der Waals surface area (Å²) in [5.74, 6) is 1.46. The van der Waals surface area contributed by atoms with E-state index in [0.717, 1.165) is 37.0 Å². The fraction of sp³-hybridized carbons (Fsp3) is 0.542. The number of unbranched alkanes of at least 4 members (excludes halogenated alkanes) is 3. The number of allylic oxidation sites excluding steroid dienone is 1. The summed E-state index contributed by atoms with van der Waals surface area (Å²) >= 11 is 0. The number of hydrogen-bond donors (Lipinski definition) is 2. The Hall–Kier alpha value is -3.01. The van der Waals surface area contributed by atoms with Crippen molar-refractivity contribution in [2.75, 3.05) is 26.8 Å². The van der Waals surface area contributed by atoms with Gasteiger partial charge < -0.3 is 30.1 Å². The first-order valence-electron chi connectivity index (χ1n) is 11.7. The summed E-state index contributed by atoms with van der Waals surface area (Å²) in [5.41, 5.74) is 6.41. The summed E-state index contributed by atoms with van der Waals surface area (Å²) < 4.78 is 10.0. The van der Waals surface area contributed by atoms with Gasteiger partial charge in [-0.2, -0.15) is 0 Å². The first-order chi connectivity index (χ1) is 16.3. The molecule has 0 unspecified atom stereocenters. The molecule has 3 N–H and O–H groups in total. The fourth-order valence-electron chi connectivity index (χ4n) is 3.85. The van der Waals surface area contributed by atoms with E-state index in [2.05, 4.69) is 0 Å². The van der Waals surface area contributed by atoms with Crippen LogP contribution in [0, 0.1) is 0 Å². The highest BCUT2D eigenvalue weighted by molar-refractivity contribution is 6.75. The molecule has 1 saturated heterocycles. The second kappa shape index (κ2) is 14.3. The van der Waals surface area contributed by atoms with Crippen molar-refractivity contribution in [3.05, 3.63) is 41.9 Å². The van der Waals surface area contributed by atoms with Gasteiger partial charge in [-0.1, -0.05) is 24.6 Å². The number of nitrogens with two attached hydrogens (primary N) is 1. The number of aliphatic hydroxyl groups is 1. The van der Waals surface area contributed by atoms with E-state index in [1.54, 1.807) is 24.9 Å².